The van der Waals surface area contributed by atoms with Crippen molar-refractivity contribution in [2.45, 2.75) is 27.3 Å². The van der Waals surface area contributed by atoms with Gasteiger partial charge in [-0.1, -0.05) is 48.0 Å². The van der Waals surface area contributed by atoms with Crippen molar-refractivity contribution in [2.75, 3.05) is 18.5 Å². The third-order valence-electron chi connectivity index (χ3n) is 5.52. The number of ether oxygens (including phenoxy) is 2. The Hall–Kier alpha value is -4.04. The summed E-state index contributed by atoms with van der Waals surface area (Å²) in [5.41, 5.74) is 4.39. The van der Waals surface area contributed by atoms with E-state index >= 15 is 0 Å². The summed E-state index contributed by atoms with van der Waals surface area (Å²) in [6.07, 6.45) is 1.66. The van der Waals surface area contributed by atoms with E-state index in [2.05, 4.69) is 5.32 Å². The van der Waals surface area contributed by atoms with Crippen LogP contribution >= 0.6 is 11.8 Å². The number of hydrogen-bond acceptors (Lipinski definition) is 6. The van der Waals surface area contributed by atoms with Crippen LogP contribution in [-0.4, -0.2) is 35.2 Å². The minimum Gasteiger partial charge on any atom is -0.490 e. The van der Waals surface area contributed by atoms with E-state index in [0.717, 1.165) is 28.5 Å². The van der Waals surface area contributed by atoms with Crippen molar-refractivity contribution < 1.29 is 23.9 Å². The zero-order valence-electron chi connectivity index (χ0n) is 20.9. The molecule has 1 aliphatic heterocycles. The van der Waals surface area contributed by atoms with Crippen molar-refractivity contribution in [1.29, 1.82) is 0 Å². The monoisotopic (exact) mass is 516 g/mol. The van der Waals surface area contributed by atoms with Crippen LogP contribution in [0.5, 0.6) is 11.5 Å². The summed E-state index contributed by atoms with van der Waals surface area (Å²) in [5, 5.41) is 2.50. The van der Waals surface area contributed by atoms with Gasteiger partial charge in [0.05, 0.1) is 18.1 Å². The number of amides is 3. The third kappa shape index (κ3) is 6.80. The van der Waals surface area contributed by atoms with Gasteiger partial charge < -0.3 is 14.8 Å². The molecular formula is C29H28N2O5S. The van der Waals surface area contributed by atoms with E-state index in [1.54, 1.807) is 24.3 Å². The van der Waals surface area contributed by atoms with Gasteiger partial charge in [-0.05, 0) is 79.6 Å². The van der Waals surface area contributed by atoms with Crippen molar-refractivity contribution in [1.82, 2.24) is 4.90 Å². The molecule has 0 unspecified atom stereocenters. The summed E-state index contributed by atoms with van der Waals surface area (Å²) in [6, 6.07) is 20.4. The molecule has 4 rings (SSSR count). The fraction of sp³-hybridized carbons (Fsp3) is 0.207. The van der Waals surface area contributed by atoms with Gasteiger partial charge in [-0.2, -0.15) is 0 Å². The number of rotatable bonds is 9. The second-order valence-electron chi connectivity index (χ2n) is 8.60. The molecule has 1 N–H and O–H groups in total. The molecule has 37 heavy (non-hydrogen) atoms. The van der Waals surface area contributed by atoms with Gasteiger partial charge in [0.25, 0.3) is 17.1 Å². The highest BCUT2D eigenvalue weighted by Crippen LogP contribution is 2.35. The molecule has 0 spiro atoms. The van der Waals surface area contributed by atoms with E-state index in [9.17, 15) is 14.4 Å². The number of imide groups is 1. The van der Waals surface area contributed by atoms with Crippen LogP contribution < -0.4 is 14.8 Å². The summed E-state index contributed by atoms with van der Waals surface area (Å²) < 4.78 is 11.4. The highest BCUT2D eigenvalue weighted by atomic mass is 32.2. The SMILES string of the molecule is CCOc1cc(/C=C2/SC(=O)N(Cc3cccc(C)c3)C2=O)ccc1OCC(=O)Nc1cccc(C)c1. The van der Waals surface area contributed by atoms with Gasteiger partial charge in [0.15, 0.2) is 18.1 Å². The lowest BCUT2D eigenvalue weighted by atomic mass is 10.1. The van der Waals surface area contributed by atoms with Gasteiger partial charge in [-0.3, -0.25) is 19.3 Å². The number of benzene rings is 3. The molecule has 0 saturated carbocycles. The number of thioether (sulfide) groups is 1. The molecule has 0 atom stereocenters. The Balaban J connectivity index is 1.44. The van der Waals surface area contributed by atoms with Crippen LogP contribution in [-0.2, 0) is 16.1 Å². The predicted octanol–water partition coefficient (Wildman–Crippen LogP) is 5.96. The van der Waals surface area contributed by atoms with E-state index < -0.39 is 0 Å². The Morgan fingerprint density at radius 3 is 2.43 bits per heavy atom. The first kappa shape index (κ1) is 26.0. The summed E-state index contributed by atoms with van der Waals surface area (Å²) >= 11 is 0.913. The quantitative estimate of drug-likeness (QED) is 0.354. The molecule has 8 heteroatoms. The largest absolute Gasteiger partial charge is 0.490 e. The van der Waals surface area contributed by atoms with Crippen molar-refractivity contribution in [3.63, 3.8) is 0 Å². The molecule has 1 fully saturated rings. The van der Waals surface area contributed by atoms with Crippen LogP contribution in [0.1, 0.15) is 29.2 Å². The number of nitrogens with one attached hydrogen (secondary N) is 1. The lowest BCUT2D eigenvalue weighted by Crippen LogP contribution is -2.27. The van der Waals surface area contributed by atoms with Crippen molar-refractivity contribution >= 4 is 40.6 Å². The third-order valence-corrected chi connectivity index (χ3v) is 6.43. The van der Waals surface area contributed by atoms with Crippen LogP contribution in [0.15, 0.2) is 71.6 Å². The fourth-order valence-corrected chi connectivity index (χ4v) is 4.68. The smallest absolute Gasteiger partial charge is 0.293 e. The highest BCUT2D eigenvalue weighted by molar-refractivity contribution is 8.18. The van der Waals surface area contributed by atoms with Crippen molar-refractivity contribution in [2.24, 2.45) is 0 Å². The Morgan fingerprint density at radius 2 is 1.70 bits per heavy atom. The zero-order chi connectivity index (χ0) is 26.4. The zero-order valence-corrected chi connectivity index (χ0v) is 21.8. The van der Waals surface area contributed by atoms with Crippen molar-refractivity contribution in [3.05, 3.63) is 93.9 Å². The Labute approximate surface area is 220 Å². The van der Waals surface area contributed by atoms with Crippen molar-refractivity contribution in [3.8, 4) is 11.5 Å². The molecule has 7 nitrogen and oxygen atoms in total. The lowest BCUT2D eigenvalue weighted by molar-refractivity contribution is -0.123. The molecule has 3 amide bonds. The number of nitrogens with zero attached hydrogens (tertiary/aromatic N) is 1. The second kappa shape index (κ2) is 11.8. The first-order chi connectivity index (χ1) is 17.8. The van der Waals surface area contributed by atoms with Crippen LogP contribution in [0.3, 0.4) is 0 Å². The minimum atomic E-state index is -0.331. The first-order valence-electron chi connectivity index (χ1n) is 11.9. The normalized spacial score (nSPS) is 14.2. The molecule has 0 aliphatic carbocycles. The molecule has 190 valence electrons. The number of carbonyl (C=O) groups excluding carboxylic acids is 3. The maximum atomic E-state index is 13.0. The fourth-order valence-electron chi connectivity index (χ4n) is 3.85. The van der Waals surface area contributed by atoms with Gasteiger partial charge in [-0.15, -0.1) is 0 Å². The van der Waals surface area contributed by atoms with E-state index in [1.165, 1.54) is 4.90 Å². The molecule has 0 bridgehead atoms. The van der Waals surface area contributed by atoms with Gasteiger partial charge in [0.1, 0.15) is 0 Å². The lowest BCUT2D eigenvalue weighted by Gasteiger charge is -2.13. The van der Waals surface area contributed by atoms with Gasteiger partial charge >= 0.3 is 0 Å². The summed E-state index contributed by atoms with van der Waals surface area (Å²) in [6.45, 7) is 6.19. The average molecular weight is 517 g/mol. The van der Waals surface area contributed by atoms with E-state index in [4.69, 9.17) is 9.47 Å². The second-order valence-corrected chi connectivity index (χ2v) is 9.60. The molecule has 3 aromatic carbocycles. The predicted molar refractivity (Wildman–Crippen MR) is 146 cm³/mol. The molecule has 1 heterocycles. The standard InChI is InChI=1S/C29H28N2O5S/c1-4-35-25-15-21(11-12-24(25)36-18-27(32)30-23-10-6-8-20(3)14-23)16-26-28(33)31(29(34)37-26)17-22-9-5-7-19(2)13-22/h5-16H,4,17-18H2,1-3H3,(H,30,32)/b26-16+. The van der Waals surface area contributed by atoms with Crippen LogP contribution in [0.4, 0.5) is 10.5 Å². The van der Waals surface area contributed by atoms with E-state index in [1.807, 2.05) is 69.3 Å². The van der Waals surface area contributed by atoms with Crippen LogP contribution in [0, 0.1) is 13.8 Å². The number of aryl methyl sites for hydroxylation is 2. The maximum absolute atomic E-state index is 13.0. The molecular weight excluding hydrogens is 488 g/mol. The van der Waals surface area contributed by atoms with Gasteiger partial charge in [0, 0.05) is 5.69 Å². The van der Waals surface area contributed by atoms with Crippen LogP contribution in [0.2, 0.25) is 0 Å². The number of carbonyl (C=O) groups is 3. The molecule has 3 aromatic rings. The highest BCUT2D eigenvalue weighted by Gasteiger charge is 2.35. The topological polar surface area (TPSA) is 84.9 Å². The maximum Gasteiger partial charge on any atom is 0.293 e. The molecule has 1 saturated heterocycles. The molecule has 1 aliphatic rings. The van der Waals surface area contributed by atoms with E-state index in [0.29, 0.717) is 34.3 Å². The Bertz CT molecular complexity index is 1370. The summed E-state index contributed by atoms with van der Waals surface area (Å²) in [7, 11) is 0. The first-order valence-corrected chi connectivity index (χ1v) is 12.7. The summed E-state index contributed by atoms with van der Waals surface area (Å²) in [4.78, 5) is 39.4. The summed E-state index contributed by atoms with van der Waals surface area (Å²) in [5.74, 6) is 0.228. The van der Waals surface area contributed by atoms with Gasteiger partial charge in [-0.25, -0.2) is 0 Å². The minimum absolute atomic E-state index is 0.189. The van der Waals surface area contributed by atoms with Crippen LogP contribution in [0.25, 0.3) is 6.08 Å². The Morgan fingerprint density at radius 1 is 0.946 bits per heavy atom. The molecule has 0 radical (unpaired) electrons. The molecule has 0 aromatic heterocycles. The average Bonchev–Trinajstić information content (AvgIpc) is 3.11. The number of hydrogen-bond donors (Lipinski definition) is 1. The van der Waals surface area contributed by atoms with E-state index in [-0.39, 0.29) is 30.2 Å². The van der Waals surface area contributed by atoms with Gasteiger partial charge in [0.2, 0.25) is 0 Å². The number of anilines is 1. The Kier molecular flexibility index (Phi) is 8.30.